The largest absolute Gasteiger partial charge is 0.193 e. The Hall–Kier alpha value is -3.53. The molecule has 3 aromatic carbocycles. The van der Waals surface area contributed by atoms with Gasteiger partial charge < -0.3 is 0 Å². The van der Waals surface area contributed by atoms with Gasteiger partial charge in [-0.25, -0.2) is 0 Å². The van der Waals surface area contributed by atoms with Gasteiger partial charge in [0.05, 0.1) is 5.69 Å². The van der Waals surface area contributed by atoms with Gasteiger partial charge in [0.15, 0.2) is 5.82 Å². The van der Waals surface area contributed by atoms with Crippen LogP contribution in [-0.2, 0) is 0 Å². The van der Waals surface area contributed by atoms with Gasteiger partial charge in [-0.15, -0.1) is 5.10 Å². The SMILES string of the molecule is Cc1ccc(/C(=C/c2nnnn2-c2ccccc2)c2ccccc2)cc1. The molecular weight excluding hydrogens is 320 g/mol. The molecule has 0 aliphatic heterocycles. The maximum Gasteiger partial charge on any atom is 0.180 e. The van der Waals surface area contributed by atoms with E-state index in [1.54, 1.807) is 4.68 Å². The minimum absolute atomic E-state index is 0.690. The Morgan fingerprint density at radius 2 is 1.38 bits per heavy atom. The molecule has 0 spiro atoms. The molecule has 4 heteroatoms. The number of hydrogen-bond acceptors (Lipinski definition) is 3. The molecule has 4 aromatic rings. The van der Waals surface area contributed by atoms with Crippen molar-refractivity contribution >= 4 is 11.6 Å². The summed E-state index contributed by atoms with van der Waals surface area (Å²) in [6, 6.07) is 28.7. The van der Waals surface area contributed by atoms with Crippen LogP contribution in [0.2, 0.25) is 0 Å². The average molecular weight is 338 g/mol. The number of nitrogens with zero attached hydrogens (tertiary/aromatic N) is 4. The first-order chi connectivity index (χ1) is 12.8. The van der Waals surface area contributed by atoms with Crippen LogP contribution >= 0.6 is 0 Å². The average Bonchev–Trinajstić information content (AvgIpc) is 3.17. The van der Waals surface area contributed by atoms with E-state index in [0.29, 0.717) is 5.82 Å². The van der Waals surface area contributed by atoms with Crippen molar-refractivity contribution in [2.24, 2.45) is 0 Å². The molecule has 26 heavy (non-hydrogen) atoms. The van der Waals surface area contributed by atoms with Crippen LogP contribution in [0, 0.1) is 6.92 Å². The highest BCUT2D eigenvalue weighted by Crippen LogP contribution is 2.26. The van der Waals surface area contributed by atoms with Gasteiger partial charge in [0, 0.05) is 0 Å². The van der Waals surface area contributed by atoms with Crippen LogP contribution in [0.5, 0.6) is 0 Å². The molecule has 1 aromatic heterocycles. The fraction of sp³-hybridized carbons (Fsp3) is 0.0455. The minimum Gasteiger partial charge on any atom is -0.193 e. The lowest BCUT2D eigenvalue weighted by molar-refractivity contribution is 0.787. The van der Waals surface area contributed by atoms with E-state index in [2.05, 4.69) is 58.8 Å². The zero-order valence-electron chi connectivity index (χ0n) is 14.4. The highest BCUT2D eigenvalue weighted by Gasteiger charge is 2.10. The Kier molecular flexibility index (Phi) is 4.39. The fourth-order valence-corrected chi connectivity index (χ4v) is 2.85. The maximum absolute atomic E-state index is 4.23. The van der Waals surface area contributed by atoms with Crippen LogP contribution in [0.4, 0.5) is 0 Å². The van der Waals surface area contributed by atoms with Crippen molar-refractivity contribution in [2.45, 2.75) is 6.92 Å². The minimum atomic E-state index is 0.690. The highest BCUT2D eigenvalue weighted by molar-refractivity contribution is 5.90. The lowest BCUT2D eigenvalue weighted by Crippen LogP contribution is -2.00. The normalized spacial score (nSPS) is 11.5. The number of aryl methyl sites for hydroxylation is 1. The first-order valence-corrected chi connectivity index (χ1v) is 8.49. The molecule has 0 fully saturated rings. The predicted molar refractivity (Wildman–Crippen MR) is 104 cm³/mol. The van der Waals surface area contributed by atoms with Crippen molar-refractivity contribution in [2.75, 3.05) is 0 Å². The number of hydrogen-bond donors (Lipinski definition) is 0. The molecule has 0 saturated carbocycles. The van der Waals surface area contributed by atoms with Crippen LogP contribution in [0.1, 0.15) is 22.5 Å². The van der Waals surface area contributed by atoms with Gasteiger partial charge in [-0.2, -0.15) is 4.68 Å². The topological polar surface area (TPSA) is 43.6 Å². The number of tetrazole rings is 1. The predicted octanol–water partition coefficient (Wildman–Crippen LogP) is 4.56. The van der Waals surface area contributed by atoms with Crippen LogP contribution in [0.15, 0.2) is 84.9 Å². The van der Waals surface area contributed by atoms with E-state index in [1.165, 1.54) is 5.56 Å². The molecule has 4 rings (SSSR count). The second-order valence-electron chi connectivity index (χ2n) is 6.07. The van der Waals surface area contributed by atoms with E-state index >= 15 is 0 Å². The summed E-state index contributed by atoms with van der Waals surface area (Å²) in [5.41, 5.74) is 5.50. The standard InChI is InChI=1S/C22H18N4/c1-17-12-14-19(15-13-17)21(18-8-4-2-5-9-18)16-22-23-24-25-26(22)20-10-6-3-7-11-20/h2-16H,1H3/b21-16+. The molecule has 0 aliphatic rings. The van der Waals surface area contributed by atoms with E-state index in [9.17, 15) is 0 Å². The summed E-state index contributed by atoms with van der Waals surface area (Å²) in [7, 11) is 0. The van der Waals surface area contributed by atoms with Gasteiger partial charge in [-0.05, 0) is 52.3 Å². The molecule has 4 nitrogen and oxygen atoms in total. The summed E-state index contributed by atoms with van der Waals surface area (Å²) in [5.74, 6) is 0.690. The Labute approximate surface area is 152 Å². The summed E-state index contributed by atoms with van der Waals surface area (Å²) >= 11 is 0. The summed E-state index contributed by atoms with van der Waals surface area (Å²) in [5, 5.41) is 12.2. The molecule has 0 saturated heterocycles. The zero-order chi connectivity index (χ0) is 17.8. The highest BCUT2D eigenvalue weighted by atomic mass is 15.5. The number of para-hydroxylation sites is 1. The van der Waals surface area contributed by atoms with Crippen molar-refractivity contribution in [1.82, 2.24) is 20.2 Å². The molecule has 0 unspecified atom stereocenters. The van der Waals surface area contributed by atoms with Crippen LogP contribution in [0.3, 0.4) is 0 Å². The Morgan fingerprint density at radius 1 is 0.769 bits per heavy atom. The lowest BCUT2D eigenvalue weighted by Gasteiger charge is -2.09. The van der Waals surface area contributed by atoms with Crippen LogP contribution in [0.25, 0.3) is 17.3 Å². The van der Waals surface area contributed by atoms with Crippen LogP contribution in [-0.4, -0.2) is 20.2 Å². The molecule has 0 N–H and O–H groups in total. The summed E-state index contributed by atoms with van der Waals surface area (Å²) in [6.07, 6.45) is 2.03. The summed E-state index contributed by atoms with van der Waals surface area (Å²) in [4.78, 5) is 0. The molecule has 1 heterocycles. The fourth-order valence-electron chi connectivity index (χ4n) is 2.85. The number of benzene rings is 3. The van der Waals surface area contributed by atoms with Gasteiger partial charge >= 0.3 is 0 Å². The Morgan fingerprint density at radius 3 is 2.08 bits per heavy atom. The third kappa shape index (κ3) is 3.30. The zero-order valence-corrected chi connectivity index (χ0v) is 14.4. The van der Waals surface area contributed by atoms with Gasteiger partial charge in [-0.3, -0.25) is 0 Å². The lowest BCUT2D eigenvalue weighted by atomic mass is 9.96. The first kappa shape index (κ1) is 16.0. The number of rotatable bonds is 4. The van der Waals surface area contributed by atoms with Crippen molar-refractivity contribution in [3.8, 4) is 5.69 Å². The molecule has 0 atom stereocenters. The maximum atomic E-state index is 4.23. The van der Waals surface area contributed by atoms with E-state index in [0.717, 1.165) is 22.4 Å². The third-order valence-corrected chi connectivity index (χ3v) is 4.22. The van der Waals surface area contributed by atoms with E-state index in [4.69, 9.17) is 0 Å². The molecule has 0 bridgehead atoms. The monoisotopic (exact) mass is 338 g/mol. The molecule has 0 aliphatic carbocycles. The van der Waals surface area contributed by atoms with Crippen molar-refractivity contribution < 1.29 is 0 Å². The molecule has 0 radical (unpaired) electrons. The van der Waals surface area contributed by atoms with E-state index in [-0.39, 0.29) is 0 Å². The third-order valence-electron chi connectivity index (χ3n) is 4.22. The van der Waals surface area contributed by atoms with Crippen molar-refractivity contribution in [3.63, 3.8) is 0 Å². The summed E-state index contributed by atoms with van der Waals surface area (Å²) in [6.45, 7) is 2.09. The van der Waals surface area contributed by atoms with Crippen molar-refractivity contribution in [3.05, 3.63) is 107 Å². The van der Waals surface area contributed by atoms with Gasteiger partial charge in [-0.1, -0.05) is 78.4 Å². The second-order valence-corrected chi connectivity index (χ2v) is 6.07. The van der Waals surface area contributed by atoms with Gasteiger partial charge in [0.2, 0.25) is 0 Å². The summed E-state index contributed by atoms with van der Waals surface area (Å²) < 4.78 is 1.75. The second kappa shape index (κ2) is 7.15. The Bertz CT molecular complexity index is 1020. The van der Waals surface area contributed by atoms with E-state index in [1.807, 2.05) is 54.6 Å². The quantitative estimate of drug-likeness (QED) is 0.548. The van der Waals surface area contributed by atoms with Gasteiger partial charge in [0.25, 0.3) is 0 Å². The molecule has 0 amide bonds. The molecule has 126 valence electrons. The van der Waals surface area contributed by atoms with E-state index < -0.39 is 0 Å². The molecular formula is C22H18N4. The number of aromatic nitrogens is 4. The van der Waals surface area contributed by atoms with Crippen molar-refractivity contribution in [1.29, 1.82) is 0 Å². The van der Waals surface area contributed by atoms with Crippen LogP contribution < -0.4 is 0 Å². The van der Waals surface area contributed by atoms with Gasteiger partial charge in [0.1, 0.15) is 0 Å². The smallest absolute Gasteiger partial charge is 0.180 e. The Balaban J connectivity index is 1.86. The first-order valence-electron chi connectivity index (χ1n) is 8.49.